The van der Waals surface area contributed by atoms with Crippen LogP contribution in [-0.4, -0.2) is 51.4 Å². The molecule has 1 N–H and O–H groups in total. The topological polar surface area (TPSA) is 88.2 Å². The molecule has 0 spiro atoms. The van der Waals surface area contributed by atoms with Crippen LogP contribution in [0.15, 0.2) is 42.5 Å². The lowest BCUT2D eigenvalue weighted by Gasteiger charge is -2.24. The third-order valence-electron chi connectivity index (χ3n) is 5.82. The molecule has 2 aliphatic heterocycles. The molecule has 4 rings (SSSR count). The highest BCUT2D eigenvalue weighted by atomic mass is 32.2. The number of ether oxygens (including phenoxy) is 2. The van der Waals surface area contributed by atoms with E-state index in [-0.39, 0.29) is 25.0 Å². The predicted molar refractivity (Wildman–Crippen MR) is 122 cm³/mol. The van der Waals surface area contributed by atoms with E-state index in [0.717, 1.165) is 29.5 Å². The van der Waals surface area contributed by atoms with Crippen molar-refractivity contribution in [2.75, 3.05) is 36.5 Å². The van der Waals surface area contributed by atoms with Gasteiger partial charge in [0, 0.05) is 19.2 Å². The van der Waals surface area contributed by atoms with Gasteiger partial charge in [-0.15, -0.1) is 0 Å². The average Bonchev–Trinajstić information content (AvgIpc) is 3.48. The van der Waals surface area contributed by atoms with Gasteiger partial charge in [-0.1, -0.05) is 24.3 Å². The quantitative estimate of drug-likeness (QED) is 0.620. The molecule has 1 fully saturated rings. The van der Waals surface area contributed by atoms with Crippen LogP contribution in [0.25, 0.3) is 0 Å². The zero-order valence-corrected chi connectivity index (χ0v) is 19.1. The second kappa shape index (κ2) is 9.79. The Bertz CT molecular complexity index is 1070. The Morgan fingerprint density at radius 3 is 2.53 bits per heavy atom. The summed E-state index contributed by atoms with van der Waals surface area (Å²) < 4.78 is 37.2. The summed E-state index contributed by atoms with van der Waals surface area (Å²) in [4.78, 5) is 15.2. The van der Waals surface area contributed by atoms with E-state index < -0.39 is 10.0 Å². The van der Waals surface area contributed by atoms with Gasteiger partial charge < -0.3 is 14.8 Å². The number of hydrogen-bond acceptors (Lipinski definition) is 6. The van der Waals surface area contributed by atoms with Gasteiger partial charge in [0.1, 0.15) is 6.54 Å². The SMILES string of the molecule is CCS(=O)(=O)N(CC(=O)NCc1ccccc1CN1CCCC1)c1ccc2c(c1)OCO2. The fraction of sp³-hybridized carbons (Fsp3) is 0.435. The second-order valence-electron chi connectivity index (χ2n) is 7.97. The monoisotopic (exact) mass is 459 g/mol. The minimum atomic E-state index is -3.66. The van der Waals surface area contributed by atoms with Crippen LogP contribution in [0.4, 0.5) is 5.69 Å². The number of rotatable bonds is 9. The summed E-state index contributed by atoms with van der Waals surface area (Å²) in [6.07, 6.45) is 2.45. The third-order valence-corrected chi connectivity index (χ3v) is 7.56. The molecule has 9 heteroatoms. The highest BCUT2D eigenvalue weighted by Crippen LogP contribution is 2.36. The first-order chi connectivity index (χ1) is 15.5. The van der Waals surface area contributed by atoms with Crippen molar-refractivity contribution in [3.8, 4) is 11.5 Å². The summed E-state index contributed by atoms with van der Waals surface area (Å²) in [5, 5.41) is 2.89. The summed E-state index contributed by atoms with van der Waals surface area (Å²) in [5.41, 5.74) is 2.60. The number of carbonyl (C=O) groups is 1. The highest BCUT2D eigenvalue weighted by molar-refractivity contribution is 7.92. The molecule has 0 aromatic heterocycles. The van der Waals surface area contributed by atoms with E-state index in [1.807, 2.05) is 18.2 Å². The van der Waals surface area contributed by atoms with E-state index in [9.17, 15) is 13.2 Å². The van der Waals surface area contributed by atoms with Gasteiger partial charge in [0.25, 0.3) is 0 Å². The smallest absolute Gasteiger partial charge is 0.241 e. The summed E-state index contributed by atoms with van der Waals surface area (Å²) in [7, 11) is -3.66. The molecule has 0 bridgehead atoms. The number of anilines is 1. The molecular weight excluding hydrogens is 430 g/mol. The first kappa shape index (κ1) is 22.4. The molecule has 2 aliphatic rings. The molecule has 2 aromatic rings. The molecule has 0 radical (unpaired) electrons. The average molecular weight is 460 g/mol. The van der Waals surface area contributed by atoms with Crippen molar-refractivity contribution < 1.29 is 22.7 Å². The predicted octanol–water partition coefficient (Wildman–Crippen LogP) is 2.48. The summed E-state index contributed by atoms with van der Waals surface area (Å²) in [6.45, 7) is 4.76. The van der Waals surface area contributed by atoms with Crippen molar-refractivity contribution in [3.63, 3.8) is 0 Å². The molecular formula is C23H29N3O5S. The fourth-order valence-corrected chi connectivity index (χ4v) is 5.05. The van der Waals surface area contributed by atoms with Crippen LogP contribution in [0, 0.1) is 0 Å². The number of sulfonamides is 1. The molecule has 1 saturated heterocycles. The number of hydrogen-bond donors (Lipinski definition) is 1. The highest BCUT2D eigenvalue weighted by Gasteiger charge is 2.26. The Morgan fingerprint density at radius 1 is 1.06 bits per heavy atom. The zero-order chi connectivity index (χ0) is 22.6. The summed E-state index contributed by atoms with van der Waals surface area (Å²) >= 11 is 0. The maximum absolute atomic E-state index is 12.8. The van der Waals surface area contributed by atoms with Crippen molar-refractivity contribution in [1.82, 2.24) is 10.2 Å². The molecule has 0 unspecified atom stereocenters. The standard InChI is InChI=1S/C23H29N3O5S/c1-2-32(28,29)26(20-9-10-21-22(13-20)31-17-30-21)16-23(27)24-14-18-7-3-4-8-19(18)15-25-11-5-6-12-25/h3-4,7-10,13H,2,5-6,11-12,14-17H2,1H3,(H,24,27). The van der Waals surface area contributed by atoms with Crippen molar-refractivity contribution in [2.45, 2.75) is 32.9 Å². The van der Waals surface area contributed by atoms with Crippen LogP contribution in [0.2, 0.25) is 0 Å². The van der Waals surface area contributed by atoms with E-state index in [1.54, 1.807) is 25.1 Å². The van der Waals surface area contributed by atoms with Crippen molar-refractivity contribution in [2.24, 2.45) is 0 Å². The zero-order valence-electron chi connectivity index (χ0n) is 18.2. The van der Waals surface area contributed by atoms with E-state index >= 15 is 0 Å². The Hall–Kier alpha value is -2.78. The minimum Gasteiger partial charge on any atom is -0.454 e. The first-order valence-electron chi connectivity index (χ1n) is 10.9. The molecule has 32 heavy (non-hydrogen) atoms. The number of nitrogens with one attached hydrogen (secondary N) is 1. The van der Waals surface area contributed by atoms with Crippen LogP contribution >= 0.6 is 0 Å². The van der Waals surface area contributed by atoms with Crippen LogP contribution < -0.4 is 19.1 Å². The normalized spacial score (nSPS) is 15.7. The largest absolute Gasteiger partial charge is 0.454 e. The first-order valence-corrected chi connectivity index (χ1v) is 12.5. The molecule has 2 heterocycles. The van der Waals surface area contributed by atoms with Crippen LogP contribution in [-0.2, 0) is 27.9 Å². The number of benzene rings is 2. The third kappa shape index (κ3) is 5.16. The van der Waals surface area contributed by atoms with Crippen molar-refractivity contribution in [3.05, 3.63) is 53.6 Å². The van der Waals surface area contributed by atoms with E-state index in [0.29, 0.717) is 23.7 Å². The fourth-order valence-electron chi connectivity index (χ4n) is 3.99. The van der Waals surface area contributed by atoms with Gasteiger partial charge in [-0.3, -0.25) is 14.0 Å². The Balaban J connectivity index is 1.44. The maximum Gasteiger partial charge on any atom is 0.241 e. The summed E-state index contributed by atoms with van der Waals surface area (Å²) in [6, 6.07) is 12.9. The number of nitrogens with zero attached hydrogens (tertiary/aromatic N) is 2. The molecule has 2 aromatic carbocycles. The van der Waals surface area contributed by atoms with Gasteiger partial charge in [-0.05, 0) is 56.1 Å². The van der Waals surface area contributed by atoms with Gasteiger partial charge in [0.2, 0.25) is 22.7 Å². The Morgan fingerprint density at radius 2 is 1.78 bits per heavy atom. The minimum absolute atomic E-state index is 0.0939. The summed E-state index contributed by atoms with van der Waals surface area (Å²) in [5.74, 6) is 0.542. The van der Waals surface area contributed by atoms with Crippen molar-refractivity contribution in [1.29, 1.82) is 0 Å². The molecule has 1 amide bonds. The Kier molecular flexibility index (Phi) is 6.86. The van der Waals surface area contributed by atoms with Gasteiger partial charge in [0.05, 0.1) is 11.4 Å². The number of carbonyl (C=O) groups excluding carboxylic acids is 1. The van der Waals surface area contributed by atoms with Crippen LogP contribution in [0.1, 0.15) is 30.9 Å². The van der Waals surface area contributed by atoms with Gasteiger partial charge in [0.15, 0.2) is 11.5 Å². The molecule has 0 saturated carbocycles. The van der Waals surface area contributed by atoms with Crippen LogP contribution in [0.5, 0.6) is 11.5 Å². The Labute approximate surface area is 189 Å². The van der Waals surface area contributed by atoms with Crippen molar-refractivity contribution >= 4 is 21.6 Å². The van der Waals surface area contributed by atoms with E-state index in [2.05, 4.69) is 16.3 Å². The molecule has 172 valence electrons. The van der Waals surface area contributed by atoms with Gasteiger partial charge in [-0.2, -0.15) is 0 Å². The number of fused-ring (bicyclic) bond motifs is 1. The lowest BCUT2D eigenvalue weighted by Crippen LogP contribution is -2.41. The van der Waals surface area contributed by atoms with Gasteiger partial charge >= 0.3 is 0 Å². The molecule has 8 nitrogen and oxygen atoms in total. The number of likely N-dealkylation sites (tertiary alicyclic amines) is 1. The van der Waals surface area contributed by atoms with Crippen LogP contribution in [0.3, 0.4) is 0 Å². The second-order valence-corrected chi connectivity index (χ2v) is 10.2. The molecule has 0 aliphatic carbocycles. The van der Waals surface area contributed by atoms with E-state index in [1.165, 1.54) is 18.4 Å². The maximum atomic E-state index is 12.8. The molecule has 0 atom stereocenters. The lowest BCUT2D eigenvalue weighted by atomic mass is 10.1. The lowest BCUT2D eigenvalue weighted by molar-refractivity contribution is -0.119. The van der Waals surface area contributed by atoms with E-state index in [4.69, 9.17) is 9.47 Å². The van der Waals surface area contributed by atoms with Gasteiger partial charge in [-0.25, -0.2) is 8.42 Å². The number of amides is 1.